The van der Waals surface area contributed by atoms with Crippen LogP contribution >= 0.6 is 0 Å². The molecular weight excluding hydrogens is 310 g/mol. The van der Waals surface area contributed by atoms with Gasteiger partial charge >= 0.3 is 0 Å². The van der Waals surface area contributed by atoms with Crippen molar-refractivity contribution in [2.24, 2.45) is 5.10 Å². The van der Waals surface area contributed by atoms with E-state index in [1.165, 1.54) is 22.5 Å². The van der Waals surface area contributed by atoms with Gasteiger partial charge in [-0.2, -0.15) is 5.10 Å². The Morgan fingerprint density at radius 1 is 0.920 bits per heavy atom. The van der Waals surface area contributed by atoms with Crippen molar-refractivity contribution >= 4 is 11.9 Å². The first-order valence-corrected chi connectivity index (χ1v) is 8.41. The van der Waals surface area contributed by atoms with E-state index >= 15 is 0 Å². The van der Waals surface area contributed by atoms with Gasteiger partial charge in [-0.1, -0.05) is 30.3 Å². The van der Waals surface area contributed by atoms with Gasteiger partial charge in [-0.05, 0) is 38.1 Å². The first kappa shape index (κ1) is 15.5. The van der Waals surface area contributed by atoms with E-state index in [9.17, 15) is 0 Å². The number of hydrazone groups is 1. The fourth-order valence-electron chi connectivity index (χ4n) is 3.54. The van der Waals surface area contributed by atoms with E-state index in [1.54, 1.807) is 7.11 Å². The molecule has 4 rings (SSSR count). The van der Waals surface area contributed by atoms with Crippen molar-refractivity contribution < 1.29 is 4.74 Å². The van der Waals surface area contributed by atoms with E-state index < -0.39 is 0 Å². The second-order valence-corrected chi connectivity index (χ2v) is 6.21. The molecule has 0 amide bonds. The van der Waals surface area contributed by atoms with Crippen molar-refractivity contribution in [1.29, 1.82) is 0 Å². The van der Waals surface area contributed by atoms with Crippen LogP contribution in [0.5, 0.6) is 5.75 Å². The van der Waals surface area contributed by atoms with Gasteiger partial charge in [-0.15, -0.1) is 0 Å². The lowest BCUT2D eigenvalue weighted by Gasteiger charge is -2.23. The number of aromatic nitrogens is 1. The Bertz CT molecular complexity index is 941. The second-order valence-electron chi connectivity index (χ2n) is 6.21. The third-order valence-corrected chi connectivity index (χ3v) is 4.84. The van der Waals surface area contributed by atoms with Gasteiger partial charge in [0.1, 0.15) is 5.75 Å². The third-order valence-electron chi connectivity index (χ3n) is 4.84. The fraction of sp³-hybridized carbons (Fsp3) is 0.190. The summed E-state index contributed by atoms with van der Waals surface area (Å²) in [7, 11) is 1.71. The molecule has 2 aromatic carbocycles. The Kier molecular flexibility index (Phi) is 3.80. The molecule has 0 spiro atoms. The van der Waals surface area contributed by atoms with Gasteiger partial charge in [-0.3, -0.25) is 5.01 Å². The van der Waals surface area contributed by atoms with Crippen molar-refractivity contribution in [3.63, 3.8) is 0 Å². The van der Waals surface area contributed by atoms with Crippen LogP contribution in [0.4, 0.5) is 5.69 Å². The highest BCUT2D eigenvalue weighted by atomic mass is 16.5. The molecule has 2 heterocycles. The van der Waals surface area contributed by atoms with E-state index in [-0.39, 0.29) is 0 Å². The Hall–Kier alpha value is -3.01. The number of ether oxygens (including phenoxy) is 1. The number of benzene rings is 2. The number of para-hydroxylation sites is 3. The molecule has 4 heteroatoms. The quantitative estimate of drug-likeness (QED) is 0.709. The Morgan fingerprint density at radius 3 is 2.40 bits per heavy atom. The van der Waals surface area contributed by atoms with E-state index in [0.29, 0.717) is 0 Å². The summed E-state index contributed by atoms with van der Waals surface area (Å²) in [5.74, 6) is 0.873. The van der Waals surface area contributed by atoms with Crippen molar-refractivity contribution in [1.82, 2.24) is 4.57 Å². The van der Waals surface area contributed by atoms with Crippen molar-refractivity contribution in [3.8, 4) is 11.4 Å². The van der Waals surface area contributed by atoms with Crippen molar-refractivity contribution in [2.75, 3.05) is 12.1 Å². The molecule has 0 saturated heterocycles. The molecule has 0 fully saturated rings. The topological polar surface area (TPSA) is 29.8 Å². The van der Waals surface area contributed by atoms with Gasteiger partial charge in [0.15, 0.2) is 0 Å². The summed E-state index contributed by atoms with van der Waals surface area (Å²) < 4.78 is 7.84. The first-order valence-electron chi connectivity index (χ1n) is 8.41. The zero-order valence-corrected chi connectivity index (χ0v) is 14.7. The monoisotopic (exact) mass is 331 g/mol. The summed E-state index contributed by atoms with van der Waals surface area (Å²) in [5.41, 5.74) is 7.09. The molecular formula is C21H21N3O. The van der Waals surface area contributed by atoms with E-state index in [1.807, 2.05) is 47.6 Å². The van der Waals surface area contributed by atoms with Crippen LogP contribution in [0.25, 0.3) is 5.69 Å². The fourth-order valence-corrected chi connectivity index (χ4v) is 3.54. The van der Waals surface area contributed by atoms with Crippen molar-refractivity contribution in [3.05, 3.63) is 77.1 Å². The average molecular weight is 331 g/mol. The number of anilines is 1. The molecule has 25 heavy (non-hydrogen) atoms. The molecule has 1 aliphatic rings. The van der Waals surface area contributed by atoms with Crippen LogP contribution in [0.2, 0.25) is 0 Å². The maximum atomic E-state index is 5.57. The van der Waals surface area contributed by atoms with E-state index in [0.717, 1.165) is 23.7 Å². The Morgan fingerprint density at radius 2 is 1.64 bits per heavy atom. The SMILES string of the molecule is COc1ccccc1-n1c(C)c2c(c1C)CN(c1ccccc1)N=C2. The number of hydrogen-bond donors (Lipinski definition) is 0. The largest absolute Gasteiger partial charge is 0.495 e. The van der Waals surface area contributed by atoms with Gasteiger partial charge < -0.3 is 9.30 Å². The van der Waals surface area contributed by atoms with Crippen LogP contribution in [0, 0.1) is 13.8 Å². The molecule has 0 bridgehead atoms. The van der Waals surface area contributed by atoms with E-state index in [2.05, 4.69) is 41.7 Å². The highest BCUT2D eigenvalue weighted by Crippen LogP contribution is 2.33. The van der Waals surface area contributed by atoms with E-state index in [4.69, 9.17) is 4.74 Å². The van der Waals surface area contributed by atoms with Gasteiger partial charge in [0.2, 0.25) is 0 Å². The highest BCUT2D eigenvalue weighted by molar-refractivity contribution is 5.87. The molecule has 4 nitrogen and oxygen atoms in total. The Balaban J connectivity index is 1.81. The minimum absolute atomic E-state index is 0.769. The molecule has 1 aliphatic heterocycles. The number of hydrogen-bond acceptors (Lipinski definition) is 3. The molecule has 0 unspecified atom stereocenters. The number of nitrogens with zero attached hydrogens (tertiary/aromatic N) is 3. The molecule has 126 valence electrons. The smallest absolute Gasteiger partial charge is 0.142 e. The van der Waals surface area contributed by atoms with Gasteiger partial charge in [0, 0.05) is 22.5 Å². The predicted molar refractivity (Wildman–Crippen MR) is 102 cm³/mol. The molecule has 0 saturated carbocycles. The summed E-state index contributed by atoms with van der Waals surface area (Å²) in [5, 5.41) is 6.70. The maximum absolute atomic E-state index is 5.57. The number of methoxy groups -OCH3 is 1. The van der Waals surface area contributed by atoms with Gasteiger partial charge in [0.05, 0.1) is 31.2 Å². The number of fused-ring (bicyclic) bond motifs is 1. The van der Waals surface area contributed by atoms with Crippen LogP contribution in [-0.2, 0) is 6.54 Å². The molecule has 1 aromatic heterocycles. The normalized spacial score (nSPS) is 13.0. The summed E-state index contributed by atoms with van der Waals surface area (Å²) in [4.78, 5) is 0. The average Bonchev–Trinajstić information content (AvgIpc) is 2.92. The predicted octanol–water partition coefficient (Wildman–Crippen LogP) is 4.46. The van der Waals surface area contributed by atoms with Crippen molar-refractivity contribution in [2.45, 2.75) is 20.4 Å². The summed E-state index contributed by atoms with van der Waals surface area (Å²) in [6.45, 7) is 5.08. The number of rotatable bonds is 3. The zero-order valence-electron chi connectivity index (χ0n) is 14.7. The lowest BCUT2D eigenvalue weighted by Crippen LogP contribution is -2.20. The standard InChI is InChI=1S/C21H21N3O/c1-15-18-13-22-23(17-9-5-4-6-10-17)14-19(18)16(2)24(15)20-11-7-8-12-21(20)25-3/h4-13H,14H2,1-3H3. The minimum Gasteiger partial charge on any atom is -0.495 e. The molecule has 0 aliphatic carbocycles. The lowest BCUT2D eigenvalue weighted by atomic mass is 10.1. The lowest BCUT2D eigenvalue weighted by molar-refractivity contribution is 0.412. The summed E-state index contributed by atoms with van der Waals surface area (Å²) in [6.07, 6.45) is 1.97. The molecule has 0 radical (unpaired) electrons. The maximum Gasteiger partial charge on any atom is 0.142 e. The molecule has 0 atom stereocenters. The summed E-state index contributed by atoms with van der Waals surface area (Å²) in [6, 6.07) is 18.4. The first-order chi connectivity index (χ1) is 12.2. The van der Waals surface area contributed by atoms with Crippen LogP contribution < -0.4 is 9.75 Å². The Labute approximate surface area is 148 Å². The third kappa shape index (κ3) is 2.50. The van der Waals surface area contributed by atoms with Crippen LogP contribution in [-0.4, -0.2) is 17.9 Å². The van der Waals surface area contributed by atoms with Crippen LogP contribution in [0.3, 0.4) is 0 Å². The second kappa shape index (κ2) is 6.13. The van der Waals surface area contributed by atoms with Crippen LogP contribution in [0.15, 0.2) is 59.7 Å². The van der Waals surface area contributed by atoms with Crippen LogP contribution in [0.1, 0.15) is 22.5 Å². The minimum atomic E-state index is 0.769. The molecule has 0 N–H and O–H groups in total. The summed E-state index contributed by atoms with van der Waals surface area (Å²) >= 11 is 0. The molecule has 3 aromatic rings. The highest BCUT2D eigenvalue weighted by Gasteiger charge is 2.24. The zero-order chi connectivity index (χ0) is 17.4. The van der Waals surface area contributed by atoms with Gasteiger partial charge in [0.25, 0.3) is 0 Å². The van der Waals surface area contributed by atoms with Gasteiger partial charge in [-0.25, -0.2) is 0 Å².